The Morgan fingerprint density at radius 2 is 1.80 bits per heavy atom. The molecule has 1 fully saturated rings. The van der Waals surface area contributed by atoms with Gasteiger partial charge in [-0.1, -0.05) is 12.1 Å². The van der Waals surface area contributed by atoms with Gasteiger partial charge in [0.25, 0.3) is 0 Å². The lowest BCUT2D eigenvalue weighted by atomic mass is 10.0. The predicted octanol–water partition coefficient (Wildman–Crippen LogP) is 3.98. The summed E-state index contributed by atoms with van der Waals surface area (Å²) < 4.78 is 4.98. The highest BCUT2D eigenvalue weighted by atomic mass is 16.5. The van der Waals surface area contributed by atoms with E-state index in [-0.39, 0.29) is 30.1 Å². The Morgan fingerprint density at radius 3 is 2.47 bits per heavy atom. The van der Waals surface area contributed by atoms with Crippen LogP contribution >= 0.6 is 0 Å². The van der Waals surface area contributed by atoms with Crippen LogP contribution in [0.1, 0.15) is 60.6 Å². The zero-order valence-corrected chi connectivity index (χ0v) is 17.7. The van der Waals surface area contributed by atoms with E-state index in [0.29, 0.717) is 12.2 Å². The Bertz CT molecular complexity index is 873. The third kappa shape index (κ3) is 5.53. The van der Waals surface area contributed by atoms with Crippen molar-refractivity contribution >= 4 is 17.6 Å². The summed E-state index contributed by atoms with van der Waals surface area (Å²) in [6, 6.07) is 12.0. The number of benzene rings is 2. The Kier molecular flexibility index (Phi) is 7.33. The number of anilines is 1. The number of nitrogens with one attached hydrogen (secondary N) is 1. The first-order valence-corrected chi connectivity index (χ1v) is 10.6. The van der Waals surface area contributed by atoms with E-state index in [1.807, 2.05) is 13.0 Å². The molecule has 6 heteroatoms. The summed E-state index contributed by atoms with van der Waals surface area (Å²) in [6.07, 6.45) is 3.77. The molecule has 2 N–H and O–H groups in total. The van der Waals surface area contributed by atoms with E-state index in [2.05, 4.69) is 10.2 Å². The molecule has 0 aromatic heterocycles. The number of aromatic hydroxyl groups is 1. The number of ether oxygens (including phenoxy) is 1. The molecule has 30 heavy (non-hydrogen) atoms. The summed E-state index contributed by atoms with van der Waals surface area (Å²) in [5.41, 5.74) is 3.28. The molecule has 0 saturated carbocycles. The van der Waals surface area contributed by atoms with Gasteiger partial charge < -0.3 is 20.1 Å². The van der Waals surface area contributed by atoms with Crippen molar-refractivity contribution < 1.29 is 19.4 Å². The first-order valence-electron chi connectivity index (χ1n) is 10.6. The maximum Gasteiger partial charge on any atom is 0.338 e. The van der Waals surface area contributed by atoms with Gasteiger partial charge in [-0.3, -0.25) is 4.79 Å². The first-order chi connectivity index (χ1) is 14.5. The summed E-state index contributed by atoms with van der Waals surface area (Å²) in [5, 5.41) is 13.0. The van der Waals surface area contributed by atoms with Crippen LogP contribution in [0, 0.1) is 0 Å². The number of carbonyl (C=O) groups excluding carboxylic acids is 2. The van der Waals surface area contributed by atoms with Gasteiger partial charge in [-0.2, -0.15) is 0 Å². The standard InChI is InChI=1S/C24H30N2O4/c1-3-30-24(29)19-9-7-18(8-10-19)15-23(28)25-17(2)21-16-20(27)11-12-22(21)26-13-5-4-6-14-26/h7-12,16-17,27H,3-6,13-15H2,1-2H3,(H,25,28). The average molecular weight is 411 g/mol. The van der Waals surface area contributed by atoms with Gasteiger partial charge in [0, 0.05) is 24.3 Å². The number of hydrogen-bond acceptors (Lipinski definition) is 5. The monoisotopic (exact) mass is 410 g/mol. The van der Waals surface area contributed by atoms with Crippen LogP contribution in [0.4, 0.5) is 5.69 Å². The average Bonchev–Trinajstić information content (AvgIpc) is 2.75. The van der Waals surface area contributed by atoms with Gasteiger partial charge in [-0.05, 0) is 69.0 Å². The van der Waals surface area contributed by atoms with E-state index in [1.165, 1.54) is 6.42 Å². The van der Waals surface area contributed by atoms with Crippen LogP contribution in [-0.2, 0) is 16.0 Å². The third-order valence-corrected chi connectivity index (χ3v) is 5.38. The Morgan fingerprint density at radius 1 is 1.10 bits per heavy atom. The molecule has 1 unspecified atom stereocenters. The lowest BCUT2D eigenvalue weighted by Gasteiger charge is -2.32. The maximum absolute atomic E-state index is 12.6. The molecule has 0 bridgehead atoms. The van der Waals surface area contributed by atoms with Gasteiger partial charge in [0.15, 0.2) is 0 Å². The number of nitrogens with zero attached hydrogens (tertiary/aromatic N) is 1. The fraction of sp³-hybridized carbons (Fsp3) is 0.417. The van der Waals surface area contributed by atoms with Crippen molar-refractivity contribution in [3.05, 3.63) is 59.2 Å². The topological polar surface area (TPSA) is 78.9 Å². The van der Waals surface area contributed by atoms with E-state index in [0.717, 1.165) is 42.7 Å². The van der Waals surface area contributed by atoms with Crippen LogP contribution in [0.15, 0.2) is 42.5 Å². The Balaban J connectivity index is 1.65. The van der Waals surface area contributed by atoms with Crippen LogP contribution in [0.5, 0.6) is 5.75 Å². The zero-order chi connectivity index (χ0) is 21.5. The SMILES string of the molecule is CCOC(=O)c1ccc(CC(=O)NC(C)c2cc(O)ccc2N2CCCCC2)cc1. The highest BCUT2D eigenvalue weighted by Crippen LogP contribution is 2.31. The summed E-state index contributed by atoms with van der Waals surface area (Å²) in [4.78, 5) is 26.7. The molecule has 0 spiro atoms. The normalized spacial score (nSPS) is 14.8. The summed E-state index contributed by atoms with van der Waals surface area (Å²) in [7, 11) is 0. The van der Waals surface area contributed by atoms with E-state index in [4.69, 9.17) is 4.74 Å². The number of carbonyl (C=O) groups is 2. The molecule has 160 valence electrons. The number of phenols is 1. The molecule has 1 aliphatic rings. The van der Waals surface area contributed by atoms with Crippen LogP contribution in [-0.4, -0.2) is 36.7 Å². The minimum absolute atomic E-state index is 0.112. The van der Waals surface area contributed by atoms with Gasteiger partial charge in [-0.15, -0.1) is 0 Å². The van der Waals surface area contributed by atoms with Crippen LogP contribution in [0.3, 0.4) is 0 Å². The van der Waals surface area contributed by atoms with Crippen molar-refractivity contribution in [3.63, 3.8) is 0 Å². The second-order valence-electron chi connectivity index (χ2n) is 7.67. The highest BCUT2D eigenvalue weighted by Gasteiger charge is 2.20. The fourth-order valence-electron chi connectivity index (χ4n) is 3.84. The summed E-state index contributed by atoms with van der Waals surface area (Å²) in [5.74, 6) is -0.281. The molecule has 1 saturated heterocycles. The second kappa shape index (κ2) is 10.1. The number of amides is 1. The predicted molar refractivity (Wildman–Crippen MR) is 117 cm³/mol. The number of rotatable bonds is 7. The zero-order valence-electron chi connectivity index (χ0n) is 17.7. The molecular formula is C24H30N2O4. The van der Waals surface area contributed by atoms with E-state index in [1.54, 1.807) is 43.3 Å². The van der Waals surface area contributed by atoms with Crippen molar-refractivity contribution in [2.24, 2.45) is 0 Å². The number of hydrogen-bond donors (Lipinski definition) is 2. The molecule has 1 heterocycles. The Labute approximate surface area is 177 Å². The van der Waals surface area contributed by atoms with Crippen molar-refractivity contribution in [3.8, 4) is 5.75 Å². The molecule has 1 atom stereocenters. The van der Waals surface area contributed by atoms with Gasteiger partial charge in [0.2, 0.25) is 5.91 Å². The van der Waals surface area contributed by atoms with Crippen molar-refractivity contribution in [2.45, 2.75) is 45.6 Å². The Hall–Kier alpha value is -3.02. The number of esters is 1. The lowest BCUT2D eigenvalue weighted by molar-refractivity contribution is -0.121. The van der Waals surface area contributed by atoms with Crippen molar-refractivity contribution in [2.75, 3.05) is 24.6 Å². The number of phenolic OH excluding ortho intramolecular Hbond substituents is 1. The van der Waals surface area contributed by atoms with Gasteiger partial charge >= 0.3 is 5.97 Å². The largest absolute Gasteiger partial charge is 0.508 e. The molecule has 0 radical (unpaired) electrons. The van der Waals surface area contributed by atoms with E-state index < -0.39 is 0 Å². The first kappa shape index (κ1) is 21.7. The minimum Gasteiger partial charge on any atom is -0.508 e. The van der Waals surface area contributed by atoms with Crippen LogP contribution < -0.4 is 10.2 Å². The fourth-order valence-corrected chi connectivity index (χ4v) is 3.84. The van der Waals surface area contributed by atoms with Crippen LogP contribution in [0.2, 0.25) is 0 Å². The van der Waals surface area contributed by atoms with Gasteiger partial charge in [0.05, 0.1) is 24.6 Å². The summed E-state index contributed by atoms with van der Waals surface area (Å²) in [6.45, 7) is 6.01. The third-order valence-electron chi connectivity index (χ3n) is 5.38. The molecule has 3 rings (SSSR count). The quantitative estimate of drug-likeness (QED) is 0.675. The summed E-state index contributed by atoms with van der Waals surface area (Å²) >= 11 is 0. The van der Waals surface area contributed by atoms with Crippen LogP contribution in [0.25, 0.3) is 0 Å². The van der Waals surface area contributed by atoms with E-state index in [9.17, 15) is 14.7 Å². The molecule has 0 aliphatic carbocycles. The van der Waals surface area contributed by atoms with Gasteiger partial charge in [-0.25, -0.2) is 4.79 Å². The maximum atomic E-state index is 12.6. The minimum atomic E-state index is -0.365. The highest BCUT2D eigenvalue weighted by molar-refractivity contribution is 5.89. The van der Waals surface area contributed by atoms with Crippen molar-refractivity contribution in [1.29, 1.82) is 0 Å². The number of piperidine rings is 1. The molecule has 2 aromatic carbocycles. The molecule has 6 nitrogen and oxygen atoms in total. The second-order valence-corrected chi connectivity index (χ2v) is 7.67. The molecular weight excluding hydrogens is 380 g/mol. The molecule has 1 aliphatic heterocycles. The molecule has 1 amide bonds. The smallest absolute Gasteiger partial charge is 0.338 e. The molecule has 2 aromatic rings. The van der Waals surface area contributed by atoms with Crippen molar-refractivity contribution in [1.82, 2.24) is 5.32 Å². The van der Waals surface area contributed by atoms with E-state index >= 15 is 0 Å². The lowest BCUT2D eigenvalue weighted by Crippen LogP contribution is -2.33. The van der Waals surface area contributed by atoms with Gasteiger partial charge in [0.1, 0.15) is 5.75 Å².